The number of carbonyl (C=O) groups excluding carboxylic acids is 2. The summed E-state index contributed by atoms with van der Waals surface area (Å²) in [6, 6.07) is 3.81. The van der Waals surface area contributed by atoms with Crippen LogP contribution in [0.2, 0.25) is 0 Å². The van der Waals surface area contributed by atoms with E-state index in [1.807, 2.05) is 44.7 Å². The van der Waals surface area contributed by atoms with E-state index in [1.54, 1.807) is 24.2 Å². The molecule has 1 aromatic heterocycles. The van der Waals surface area contributed by atoms with Crippen LogP contribution in [0.1, 0.15) is 46.6 Å². The standard InChI is InChI=1S/C23H38N6O3.HI/c1-6-25-21(28-15-13-27(14-16-28)19(2)30)26-11-8-12-29(22(31)32-23(3,4)5)18-20-9-7-10-24-17-20;/h7,9-10,17H,6,8,11-16,18H2,1-5H3,(H,25,26);1H. The number of pyridine rings is 1. The van der Waals surface area contributed by atoms with Crippen molar-refractivity contribution in [1.29, 1.82) is 0 Å². The van der Waals surface area contributed by atoms with Gasteiger partial charge in [0.15, 0.2) is 5.96 Å². The van der Waals surface area contributed by atoms with Gasteiger partial charge in [-0.05, 0) is 45.7 Å². The summed E-state index contributed by atoms with van der Waals surface area (Å²) in [5, 5.41) is 3.34. The zero-order chi connectivity index (χ0) is 23.6. The lowest BCUT2D eigenvalue weighted by Gasteiger charge is -2.36. The van der Waals surface area contributed by atoms with E-state index in [2.05, 4.69) is 15.2 Å². The van der Waals surface area contributed by atoms with E-state index >= 15 is 0 Å². The second kappa shape index (κ2) is 14.2. The fourth-order valence-electron chi connectivity index (χ4n) is 3.38. The Morgan fingerprint density at radius 2 is 1.88 bits per heavy atom. The Hall–Kier alpha value is -2.11. The number of nitrogens with one attached hydrogen (secondary N) is 1. The van der Waals surface area contributed by atoms with Crippen molar-refractivity contribution in [2.24, 2.45) is 4.99 Å². The van der Waals surface area contributed by atoms with E-state index in [9.17, 15) is 9.59 Å². The van der Waals surface area contributed by atoms with Gasteiger partial charge in [0.2, 0.25) is 5.91 Å². The van der Waals surface area contributed by atoms with Crippen molar-refractivity contribution >= 4 is 41.9 Å². The Balaban J connectivity index is 0.00000544. The monoisotopic (exact) mass is 574 g/mol. The third kappa shape index (κ3) is 10.6. The molecule has 0 spiro atoms. The predicted molar refractivity (Wildman–Crippen MR) is 141 cm³/mol. The Bertz CT molecular complexity index is 761. The molecule has 2 heterocycles. The van der Waals surface area contributed by atoms with Crippen LogP contribution in [0.15, 0.2) is 29.5 Å². The van der Waals surface area contributed by atoms with Gasteiger partial charge < -0.3 is 24.8 Å². The third-order valence-electron chi connectivity index (χ3n) is 4.96. The number of hydrogen-bond acceptors (Lipinski definition) is 5. The molecule has 1 N–H and O–H groups in total. The molecule has 10 heteroatoms. The number of rotatable bonds is 7. The normalized spacial score (nSPS) is 14.4. The number of amides is 2. The van der Waals surface area contributed by atoms with Crippen molar-refractivity contribution in [3.8, 4) is 0 Å². The lowest BCUT2D eigenvalue weighted by molar-refractivity contribution is -0.130. The van der Waals surface area contributed by atoms with Crippen LogP contribution in [0.3, 0.4) is 0 Å². The molecule has 0 bridgehead atoms. The average molecular weight is 575 g/mol. The Morgan fingerprint density at radius 3 is 2.42 bits per heavy atom. The number of piperazine rings is 1. The molecule has 0 radical (unpaired) electrons. The van der Waals surface area contributed by atoms with Crippen LogP contribution in [-0.2, 0) is 16.1 Å². The van der Waals surface area contributed by atoms with Gasteiger partial charge in [-0.2, -0.15) is 0 Å². The van der Waals surface area contributed by atoms with E-state index in [0.717, 1.165) is 31.2 Å². The Kier molecular flexibility index (Phi) is 12.5. The molecular weight excluding hydrogens is 535 g/mol. The number of aliphatic imine (C=N–C) groups is 1. The van der Waals surface area contributed by atoms with Crippen molar-refractivity contribution in [3.63, 3.8) is 0 Å². The van der Waals surface area contributed by atoms with Gasteiger partial charge >= 0.3 is 6.09 Å². The molecule has 0 saturated carbocycles. The van der Waals surface area contributed by atoms with Gasteiger partial charge in [0.05, 0.1) is 6.54 Å². The first-order valence-electron chi connectivity index (χ1n) is 11.3. The predicted octanol–water partition coefficient (Wildman–Crippen LogP) is 2.96. The Labute approximate surface area is 215 Å². The summed E-state index contributed by atoms with van der Waals surface area (Å²) in [4.78, 5) is 38.9. The molecule has 1 fully saturated rings. The number of hydrogen-bond donors (Lipinski definition) is 1. The topological polar surface area (TPSA) is 90.4 Å². The SMILES string of the molecule is CCNC(=NCCCN(Cc1cccnc1)C(=O)OC(C)(C)C)N1CCN(C(C)=O)CC1.I. The number of guanidine groups is 1. The van der Waals surface area contributed by atoms with Crippen LogP contribution in [0, 0.1) is 0 Å². The van der Waals surface area contributed by atoms with Crippen molar-refractivity contribution in [2.45, 2.75) is 53.2 Å². The first kappa shape index (κ1) is 28.9. The van der Waals surface area contributed by atoms with E-state index in [0.29, 0.717) is 39.1 Å². The summed E-state index contributed by atoms with van der Waals surface area (Å²) >= 11 is 0. The quantitative estimate of drug-likeness (QED) is 0.233. The minimum absolute atomic E-state index is 0. The van der Waals surface area contributed by atoms with Crippen LogP contribution in [0.5, 0.6) is 0 Å². The summed E-state index contributed by atoms with van der Waals surface area (Å²) in [5.41, 5.74) is 0.404. The van der Waals surface area contributed by atoms with Gasteiger partial charge in [0.1, 0.15) is 5.60 Å². The van der Waals surface area contributed by atoms with Gasteiger partial charge in [-0.15, -0.1) is 24.0 Å². The summed E-state index contributed by atoms with van der Waals surface area (Å²) in [6.45, 7) is 14.5. The van der Waals surface area contributed by atoms with Crippen LogP contribution in [0.4, 0.5) is 4.79 Å². The molecule has 0 aliphatic carbocycles. The maximum Gasteiger partial charge on any atom is 0.410 e. The van der Waals surface area contributed by atoms with Crippen LogP contribution >= 0.6 is 24.0 Å². The average Bonchev–Trinajstić information content (AvgIpc) is 2.74. The second-order valence-electron chi connectivity index (χ2n) is 8.85. The van der Waals surface area contributed by atoms with Gasteiger partial charge in [-0.25, -0.2) is 4.79 Å². The fourth-order valence-corrected chi connectivity index (χ4v) is 3.38. The zero-order valence-electron chi connectivity index (χ0n) is 20.5. The molecule has 0 unspecified atom stereocenters. The molecule has 2 rings (SSSR count). The molecule has 1 aliphatic rings. The van der Waals surface area contributed by atoms with Crippen molar-refractivity contribution in [2.75, 3.05) is 45.8 Å². The zero-order valence-corrected chi connectivity index (χ0v) is 22.9. The van der Waals surface area contributed by atoms with Crippen LogP contribution in [0.25, 0.3) is 0 Å². The van der Waals surface area contributed by atoms with Gasteiger partial charge in [-0.3, -0.25) is 14.8 Å². The smallest absolute Gasteiger partial charge is 0.410 e. The first-order chi connectivity index (χ1) is 15.2. The number of aromatic nitrogens is 1. The molecule has 0 aromatic carbocycles. The van der Waals surface area contributed by atoms with E-state index in [-0.39, 0.29) is 36.0 Å². The van der Waals surface area contributed by atoms with E-state index in [4.69, 9.17) is 9.73 Å². The van der Waals surface area contributed by atoms with Crippen molar-refractivity contribution in [3.05, 3.63) is 30.1 Å². The summed E-state index contributed by atoms with van der Waals surface area (Å²) < 4.78 is 5.59. The van der Waals surface area contributed by atoms with Gasteiger partial charge in [-0.1, -0.05) is 6.07 Å². The van der Waals surface area contributed by atoms with Crippen molar-refractivity contribution < 1.29 is 14.3 Å². The second-order valence-corrected chi connectivity index (χ2v) is 8.85. The maximum atomic E-state index is 12.7. The van der Waals surface area contributed by atoms with Gasteiger partial charge in [0.25, 0.3) is 0 Å². The Morgan fingerprint density at radius 1 is 1.21 bits per heavy atom. The molecular formula is C23H39IN6O3. The largest absolute Gasteiger partial charge is 0.444 e. The molecule has 33 heavy (non-hydrogen) atoms. The molecule has 1 aliphatic heterocycles. The first-order valence-corrected chi connectivity index (χ1v) is 11.3. The van der Waals surface area contributed by atoms with Crippen LogP contribution in [-0.4, -0.2) is 89.1 Å². The molecule has 1 aromatic rings. The van der Waals surface area contributed by atoms with Crippen LogP contribution < -0.4 is 5.32 Å². The lowest BCUT2D eigenvalue weighted by Crippen LogP contribution is -2.53. The highest BCUT2D eigenvalue weighted by molar-refractivity contribution is 14.0. The number of halogens is 1. The number of ether oxygens (including phenoxy) is 1. The molecule has 2 amide bonds. The fraction of sp³-hybridized carbons (Fsp3) is 0.652. The third-order valence-corrected chi connectivity index (χ3v) is 4.96. The summed E-state index contributed by atoms with van der Waals surface area (Å²) in [5.74, 6) is 0.967. The molecule has 1 saturated heterocycles. The number of carbonyl (C=O) groups is 2. The molecule has 0 atom stereocenters. The number of nitrogens with zero attached hydrogens (tertiary/aromatic N) is 5. The molecule has 9 nitrogen and oxygen atoms in total. The highest BCUT2D eigenvalue weighted by atomic mass is 127. The summed E-state index contributed by atoms with van der Waals surface area (Å²) in [6.07, 6.45) is 3.85. The minimum atomic E-state index is -0.553. The van der Waals surface area contributed by atoms with E-state index in [1.165, 1.54) is 0 Å². The minimum Gasteiger partial charge on any atom is -0.444 e. The van der Waals surface area contributed by atoms with E-state index < -0.39 is 5.60 Å². The van der Waals surface area contributed by atoms with Gasteiger partial charge in [0, 0.05) is 65.1 Å². The highest BCUT2D eigenvalue weighted by Crippen LogP contribution is 2.13. The molecule has 186 valence electrons. The lowest BCUT2D eigenvalue weighted by atomic mass is 10.2. The maximum absolute atomic E-state index is 12.7. The highest BCUT2D eigenvalue weighted by Gasteiger charge is 2.23. The van der Waals surface area contributed by atoms with Crippen molar-refractivity contribution in [1.82, 2.24) is 25.0 Å². The summed E-state index contributed by atoms with van der Waals surface area (Å²) in [7, 11) is 0.